The maximum absolute atomic E-state index is 11.5. The lowest BCUT2D eigenvalue weighted by molar-refractivity contribution is -0.168. The molecule has 0 aromatic carbocycles. The topological polar surface area (TPSA) is 89.9 Å². The number of carboxylic acid groups (broad SMARTS) is 1. The molecule has 0 radical (unpaired) electrons. The van der Waals surface area contributed by atoms with Crippen LogP contribution in [0, 0.1) is 5.92 Å². The highest BCUT2D eigenvalue weighted by Crippen LogP contribution is 2.31. The number of hydrogen-bond donors (Lipinski definition) is 1. The predicted octanol–water partition coefficient (Wildman–Crippen LogP) is 1.95. The molecule has 0 aliphatic carbocycles. The molecule has 120 valence electrons. The van der Waals surface area contributed by atoms with E-state index in [1.807, 2.05) is 6.92 Å². The smallest absolute Gasteiger partial charge is 0.306 e. The number of rotatable bonds is 6. The van der Waals surface area contributed by atoms with E-state index in [1.54, 1.807) is 6.92 Å². The summed E-state index contributed by atoms with van der Waals surface area (Å²) < 4.78 is 11.0. The van der Waals surface area contributed by atoms with Crippen molar-refractivity contribution in [3.8, 4) is 0 Å². The molecule has 0 spiro atoms. The molecule has 1 N–H and O–H groups in total. The van der Waals surface area contributed by atoms with E-state index >= 15 is 0 Å². The van der Waals surface area contributed by atoms with Gasteiger partial charge >= 0.3 is 11.9 Å². The molecule has 1 fully saturated rings. The van der Waals surface area contributed by atoms with Gasteiger partial charge < -0.3 is 14.6 Å². The van der Waals surface area contributed by atoms with E-state index in [1.165, 1.54) is 6.92 Å². The molecule has 1 aliphatic rings. The SMILES string of the molecule is CC(=O)O[C@@H]1CCC(=O)CO[C@]1(C)CCC[C@@H](C)C(=O)O. The molecular formula is C15H24O6. The van der Waals surface area contributed by atoms with Gasteiger partial charge in [0.15, 0.2) is 5.78 Å². The molecule has 0 unspecified atom stereocenters. The Morgan fingerprint density at radius 1 is 1.52 bits per heavy atom. The van der Waals surface area contributed by atoms with E-state index in [4.69, 9.17) is 14.6 Å². The van der Waals surface area contributed by atoms with Crippen LogP contribution >= 0.6 is 0 Å². The standard InChI is InChI=1S/C15H24O6/c1-10(14(18)19)5-4-8-15(3)13(21-11(2)16)7-6-12(17)9-20-15/h10,13H,4-9H2,1-3H3,(H,18,19)/t10-,13-,15-/m1/s1. The Morgan fingerprint density at radius 2 is 2.19 bits per heavy atom. The highest BCUT2D eigenvalue weighted by atomic mass is 16.6. The van der Waals surface area contributed by atoms with Gasteiger partial charge in [0.2, 0.25) is 0 Å². The van der Waals surface area contributed by atoms with Crippen molar-refractivity contribution in [1.82, 2.24) is 0 Å². The summed E-state index contributed by atoms with van der Waals surface area (Å²) in [7, 11) is 0. The fraction of sp³-hybridized carbons (Fsp3) is 0.800. The monoisotopic (exact) mass is 300 g/mol. The van der Waals surface area contributed by atoms with E-state index in [0.717, 1.165) is 0 Å². The number of carboxylic acids is 1. The zero-order valence-corrected chi connectivity index (χ0v) is 12.9. The van der Waals surface area contributed by atoms with Gasteiger partial charge in [0.1, 0.15) is 18.3 Å². The second-order valence-corrected chi connectivity index (χ2v) is 5.91. The van der Waals surface area contributed by atoms with Crippen molar-refractivity contribution < 1.29 is 29.0 Å². The molecule has 1 aliphatic heterocycles. The van der Waals surface area contributed by atoms with Crippen LogP contribution < -0.4 is 0 Å². The first kappa shape index (κ1) is 17.6. The maximum atomic E-state index is 11.5. The molecule has 0 bridgehead atoms. The Hall–Kier alpha value is -1.43. The van der Waals surface area contributed by atoms with Crippen LogP contribution in [0.4, 0.5) is 0 Å². The predicted molar refractivity (Wildman–Crippen MR) is 74.8 cm³/mol. The van der Waals surface area contributed by atoms with Gasteiger partial charge in [-0.15, -0.1) is 0 Å². The molecule has 1 saturated heterocycles. The van der Waals surface area contributed by atoms with Crippen molar-refractivity contribution in [2.45, 2.75) is 64.6 Å². The largest absolute Gasteiger partial charge is 0.481 e. The van der Waals surface area contributed by atoms with Crippen LogP contribution in [0.3, 0.4) is 0 Å². The Labute approximate surface area is 124 Å². The van der Waals surface area contributed by atoms with Crippen molar-refractivity contribution in [3.63, 3.8) is 0 Å². The summed E-state index contributed by atoms with van der Waals surface area (Å²) in [6.07, 6.45) is 2.02. The maximum Gasteiger partial charge on any atom is 0.306 e. The second-order valence-electron chi connectivity index (χ2n) is 5.91. The highest BCUT2D eigenvalue weighted by Gasteiger charge is 2.40. The summed E-state index contributed by atoms with van der Waals surface area (Å²) in [4.78, 5) is 33.6. The average molecular weight is 300 g/mol. The zero-order chi connectivity index (χ0) is 16.0. The fourth-order valence-corrected chi connectivity index (χ4v) is 2.51. The van der Waals surface area contributed by atoms with Gasteiger partial charge in [0.25, 0.3) is 0 Å². The summed E-state index contributed by atoms with van der Waals surface area (Å²) in [5.74, 6) is -1.65. The lowest BCUT2D eigenvalue weighted by atomic mass is 9.88. The minimum absolute atomic E-state index is 0.00483. The molecule has 1 rings (SSSR count). The molecule has 0 aromatic rings. The van der Waals surface area contributed by atoms with Crippen molar-refractivity contribution in [2.24, 2.45) is 5.92 Å². The average Bonchev–Trinajstić information content (AvgIpc) is 2.52. The first-order valence-corrected chi connectivity index (χ1v) is 7.30. The Bertz CT molecular complexity index is 405. The van der Waals surface area contributed by atoms with Crippen LogP contribution in [0.25, 0.3) is 0 Å². The lowest BCUT2D eigenvalue weighted by Gasteiger charge is -2.35. The zero-order valence-electron chi connectivity index (χ0n) is 12.9. The fourth-order valence-electron chi connectivity index (χ4n) is 2.51. The Kier molecular flexibility index (Phi) is 6.33. The van der Waals surface area contributed by atoms with Gasteiger partial charge in [0.05, 0.1) is 5.92 Å². The van der Waals surface area contributed by atoms with E-state index in [2.05, 4.69) is 0 Å². The number of hydrogen-bond acceptors (Lipinski definition) is 5. The van der Waals surface area contributed by atoms with Crippen LogP contribution in [-0.4, -0.2) is 41.1 Å². The van der Waals surface area contributed by atoms with Crippen molar-refractivity contribution in [2.75, 3.05) is 6.61 Å². The molecule has 6 nitrogen and oxygen atoms in total. The quantitative estimate of drug-likeness (QED) is 0.754. The van der Waals surface area contributed by atoms with Crippen LogP contribution in [0.1, 0.15) is 52.9 Å². The molecular weight excluding hydrogens is 276 g/mol. The first-order chi connectivity index (χ1) is 9.74. The van der Waals surface area contributed by atoms with E-state index < -0.39 is 29.6 Å². The van der Waals surface area contributed by atoms with E-state index in [9.17, 15) is 14.4 Å². The van der Waals surface area contributed by atoms with E-state index in [0.29, 0.717) is 32.1 Å². The minimum atomic E-state index is -0.825. The minimum Gasteiger partial charge on any atom is -0.481 e. The van der Waals surface area contributed by atoms with Crippen LogP contribution in [0.2, 0.25) is 0 Å². The van der Waals surface area contributed by atoms with Crippen molar-refractivity contribution >= 4 is 17.7 Å². The summed E-state index contributed by atoms with van der Waals surface area (Å²) in [5.41, 5.74) is -0.740. The molecule has 3 atom stereocenters. The molecule has 1 heterocycles. The number of aliphatic carboxylic acids is 1. The van der Waals surface area contributed by atoms with Crippen molar-refractivity contribution in [3.05, 3.63) is 0 Å². The third-order valence-electron chi connectivity index (χ3n) is 3.97. The second kappa shape index (κ2) is 7.54. The summed E-state index contributed by atoms with van der Waals surface area (Å²) in [6.45, 7) is 4.83. The van der Waals surface area contributed by atoms with Crippen LogP contribution in [-0.2, 0) is 23.9 Å². The number of ketones is 1. The van der Waals surface area contributed by atoms with Crippen molar-refractivity contribution in [1.29, 1.82) is 0 Å². The molecule has 6 heteroatoms. The van der Waals surface area contributed by atoms with Crippen LogP contribution in [0.5, 0.6) is 0 Å². The molecule has 0 aromatic heterocycles. The number of carbonyl (C=O) groups is 3. The first-order valence-electron chi connectivity index (χ1n) is 7.30. The number of carbonyl (C=O) groups excluding carboxylic acids is 2. The molecule has 0 amide bonds. The van der Waals surface area contributed by atoms with Gasteiger partial charge in [-0.25, -0.2) is 0 Å². The number of ether oxygens (including phenoxy) is 2. The molecule has 0 saturated carbocycles. The number of Topliss-reactive ketones (excluding diaryl/α,β-unsaturated/α-hetero) is 1. The lowest BCUT2D eigenvalue weighted by Crippen LogP contribution is -2.44. The normalized spacial score (nSPS) is 27.8. The summed E-state index contributed by atoms with van der Waals surface area (Å²) in [6, 6.07) is 0. The van der Waals surface area contributed by atoms with Gasteiger partial charge in [0, 0.05) is 13.3 Å². The summed E-state index contributed by atoms with van der Waals surface area (Å²) >= 11 is 0. The van der Waals surface area contributed by atoms with Gasteiger partial charge in [-0.2, -0.15) is 0 Å². The van der Waals surface area contributed by atoms with E-state index in [-0.39, 0.29) is 12.4 Å². The third kappa shape index (κ3) is 5.46. The van der Waals surface area contributed by atoms with Gasteiger partial charge in [-0.1, -0.05) is 6.92 Å². The Morgan fingerprint density at radius 3 is 2.76 bits per heavy atom. The Balaban J connectivity index is 2.67. The van der Waals surface area contributed by atoms with Crippen LogP contribution in [0.15, 0.2) is 0 Å². The summed E-state index contributed by atoms with van der Waals surface area (Å²) in [5, 5.41) is 8.89. The number of esters is 1. The van der Waals surface area contributed by atoms with Gasteiger partial charge in [-0.3, -0.25) is 14.4 Å². The molecule has 21 heavy (non-hydrogen) atoms. The van der Waals surface area contributed by atoms with Gasteiger partial charge in [-0.05, 0) is 32.6 Å². The third-order valence-corrected chi connectivity index (χ3v) is 3.97. The highest BCUT2D eigenvalue weighted by molar-refractivity contribution is 5.80.